The lowest BCUT2D eigenvalue weighted by atomic mass is 9.92. The molecule has 0 aromatic carbocycles. The molecule has 0 bridgehead atoms. The van der Waals surface area contributed by atoms with E-state index in [0.717, 1.165) is 17.5 Å². The number of anilines is 2. The molecular weight excluding hydrogens is 507 g/mol. The van der Waals surface area contributed by atoms with Crippen LogP contribution in [-0.4, -0.2) is 103 Å². The van der Waals surface area contributed by atoms with Gasteiger partial charge in [-0.2, -0.15) is 10.1 Å². The maximum Gasteiger partial charge on any atom is 0.321 e. The molecule has 0 radical (unpaired) electrons. The number of rotatable bonds is 6. The maximum atomic E-state index is 14.5. The third-order valence-corrected chi connectivity index (χ3v) is 8.21. The molecule has 3 N–H and O–H groups in total. The maximum absolute atomic E-state index is 14.5. The Kier molecular flexibility index (Phi) is 7.42. The van der Waals surface area contributed by atoms with E-state index >= 15 is 0 Å². The van der Waals surface area contributed by atoms with Crippen molar-refractivity contribution in [3.05, 3.63) is 23.3 Å². The van der Waals surface area contributed by atoms with Gasteiger partial charge in [-0.25, -0.2) is 14.2 Å². The highest BCUT2D eigenvalue weighted by molar-refractivity contribution is 5.78. The Morgan fingerprint density at radius 3 is 2.72 bits per heavy atom. The first-order valence-corrected chi connectivity index (χ1v) is 13.6. The Balaban J connectivity index is 1.29. The van der Waals surface area contributed by atoms with Gasteiger partial charge in [-0.3, -0.25) is 10.00 Å². The Morgan fingerprint density at radius 1 is 1.26 bits per heavy atom. The summed E-state index contributed by atoms with van der Waals surface area (Å²) in [5.41, 5.74) is 0.169. The Hall–Kier alpha value is -3.03. The second-order valence-electron chi connectivity index (χ2n) is 11.4. The van der Waals surface area contributed by atoms with E-state index in [-0.39, 0.29) is 29.9 Å². The number of urea groups is 1. The molecule has 2 aromatic rings. The largest absolute Gasteiger partial charge is 0.464 e. The second-order valence-corrected chi connectivity index (χ2v) is 11.4. The van der Waals surface area contributed by atoms with Crippen LogP contribution in [0, 0.1) is 5.82 Å². The van der Waals surface area contributed by atoms with Crippen LogP contribution in [0.25, 0.3) is 0 Å². The number of halogens is 1. The van der Waals surface area contributed by atoms with Crippen molar-refractivity contribution in [2.45, 2.75) is 77.2 Å². The van der Waals surface area contributed by atoms with E-state index in [4.69, 9.17) is 9.47 Å². The highest BCUT2D eigenvalue weighted by Crippen LogP contribution is 2.42. The van der Waals surface area contributed by atoms with Gasteiger partial charge < -0.3 is 29.7 Å². The van der Waals surface area contributed by atoms with Gasteiger partial charge in [-0.15, -0.1) is 0 Å². The molecule has 0 unspecified atom stereocenters. The zero-order valence-corrected chi connectivity index (χ0v) is 23.3. The number of amides is 2. The number of hydrogen-bond donors (Lipinski definition) is 3. The van der Waals surface area contributed by atoms with Gasteiger partial charge in [-0.05, 0) is 34.6 Å². The lowest BCUT2D eigenvalue weighted by molar-refractivity contribution is -0.0934. The average Bonchev–Trinajstić information content (AvgIpc) is 3.41. The SMILES string of the molecule is CCOc1ncc(F)c(Nc2n[nH]c3c2CN(C(=O)N2C[C@@H](C)N(CC4(O)CCOCC4)C[C@@H]2C)C3(C)C)n1. The van der Waals surface area contributed by atoms with Crippen LogP contribution in [0.15, 0.2) is 6.20 Å². The number of ether oxygens (including phenoxy) is 2. The van der Waals surface area contributed by atoms with Crippen LogP contribution in [0.3, 0.4) is 0 Å². The Labute approximate surface area is 227 Å². The molecule has 39 heavy (non-hydrogen) atoms. The topological polar surface area (TPSA) is 132 Å². The molecule has 2 aromatic heterocycles. The molecule has 2 fully saturated rings. The number of aliphatic hydroxyl groups is 1. The van der Waals surface area contributed by atoms with Crippen molar-refractivity contribution in [3.8, 4) is 6.01 Å². The summed E-state index contributed by atoms with van der Waals surface area (Å²) >= 11 is 0. The van der Waals surface area contributed by atoms with E-state index in [9.17, 15) is 14.3 Å². The number of piperazine rings is 1. The van der Waals surface area contributed by atoms with Crippen molar-refractivity contribution in [2.75, 3.05) is 44.8 Å². The first-order valence-electron chi connectivity index (χ1n) is 13.6. The van der Waals surface area contributed by atoms with Gasteiger partial charge in [0, 0.05) is 63.3 Å². The van der Waals surface area contributed by atoms with Crippen molar-refractivity contribution >= 4 is 17.7 Å². The molecule has 5 heterocycles. The number of fused-ring (bicyclic) bond motifs is 1. The average molecular weight is 547 g/mol. The van der Waals surface area contributed by atoms with Gasteiger partial charge in [0.05, 0.1) is 36.2 Å². The number of carbonyl (C=O) groups excluding carboxylic acids is 1. The predicted octanol–water partition coefficient (Wildman–Crippen LogP) is 2.59. The molecule has 0 aliphatic carbocycles. The number of nitrogens with zero attached hydrogens (tertiary/aromatic N) is 6. The van der Waals surface area contributed by atoms with E-state index in [1.165, 1.54) is 0 Å². The smallest absolute Gasteiger partial charge is 0.321 e. The summed E-state index contributed by atoms with van der Waals surface area (Å²) in [7, 11) is 0. The number of aromatic amines is 1. The standard InChI is InChI=1S/C26H39FN8O4/c1-6-39-23-28-11-19(27)22(30-23)29-21-18-14-35(25(4,5)20(18)31-32-21)24(36)34-13-16(2)33(12-17(34)3)15-26(37)7-9-38-10-8-26/h11,16-17,37H,6-10,12-15H2,1-5H3,(H2,28,29,30,31,32)/t16-,17+/m1/s1. The number of nitrogens with one attached hydrogen (secondary N) is 2. The predicted molar refractivity (Wildman–Crippen MR) is 141 cm³/mol. The summed E-state index contributed by atoms with van der Waals surface area (Å²) in [6.45, 7) is 13.5. The fourth-order valence-electron chi connectivity index (χ4n) is 5.80. The first kappa shape index (κ1) is 27.5. The van der Waals surface area contributed by atoms with Crippen LogP contribution in [-0.2, 0) is 16.8 Å². The van der Waals surface area contributed by atoms with E-state index in [2.05, 4.69) is 44.2 Å². The van der Waals surface area contributed by atoms with E-state index in [1.807, 2.05) is 23.6 Å². The molecule has 2 atom stereocenters. The molecule has 2 amide bonds. The summed E-state index contributed by atoms with van der Waals surface area (Å²) in [4.78, 5) is 27.9. The number of H-pyrrole nitrogens is 1. The zero-order chi connectivity index (χ0) is 27.9. The molecule has 2 saturated heterocycles. The van der Waals surface area contributed by atoms with Crippen molar-refractivity contribution in [1.29, 1.82) is 0 Å². The molecule has 214 valence electrons. The highest BCUT2D eigenvalue weighted by Gasteiger charge is 2.47. The van der Waals surface area contributed by atoms with Crippen molar-refractivity contribution in [1.82, 2.24) is 34.9 Å². The molecule has 3 aliphatic heterocycles. The number of carbonyl (C=O) groups is 1. The van der Waals surface area contributed by atoms with Crippen LogP contribution >= 0.6 is 0 Å². The van der Waals surface area contributed by atoms with Gasteiger partial charge >= 0.3 is 12.0 Å². The van der Waals surface area contributed by atoms with Crippen LogP contribution < -0.4 is 10.1 Å². The third kappa shape index (κ3) is 5.27. The molecule has 12 nitrogen and oxygen atoms in total. The van der Waals surface area contributed by atoms with E-state index in [0.29, 0.717) is 64.7 Å². The van der Waals surface area contributed by atoms with E-state index in [1.54, 1.807) is 6.92 Å². The fraction of sp³-hybridized carbons (Fsp3) is 0.692. The lowest BCUT2D eigenvalue weighted by Crippen LogP contribution is -2.63. The lowest BCUT2D eigenvalue weighted by Gasteiger charge is -2.49. The molecule has 0 spiro atoms. The van der Waals surface area contributed by atoms with Gasteiger partial charge in [0.15, 0.2) is 17.5 Å². The summed E-state index contributed by atoms with van der Waals surface area (Å²) in [5.74, 6) is -0.272. The van der Waals surface area contributed by atoms with Crippen LogP contribution in [0.4, 0.5) is 20.8 Å². The summed E-state index contributed by atoms with van der Waals surface area (Å²) in [6, 6.07) is 0.0671. The van der Waals surface area contributed by atoms with Crippen LogP contribution in [0.2, 0.25) is 0 Å². The quantitative estimate of drug-likeness (QED) is 0.500. The summed E-state index contributed by atoms with van der Waals surface area (Å²) in [6.07, 6.45) is 2.31. The molecule has 3 aliphatic rings. The van der Waals surface area contributed by atoms with Crippen molar-refractivity contribution in [2.24, 2.45) is 0 Å². The van der Waals surface area contributed by atoms with Crippen LogP contribution in [0.1, 0.15) is 58.7 Å². The van der Waals surface area contributed by atoms with Gasteiger partial charge in [0.2, 0.25) is 0 Å². The normalized spacial score (nSPS) is 24.5. The summed E-state index contributed by atoms with van der Waals surface area (Å²) < 4.78 is 25.2. The minimum Gasteiger partial charge on any atom is -0.464 e. The van der Waals surface area contributed by atoms with E-state index < -0.39 is 17.0 Å². The monoisotopic (exact) mass is 546 g/mol. The molecule has 0 saturated carbocycles. The minimum absolute atomic E-state index is 0.0327. The second kappa shape index (κ2) is 10.5. The van der Waals surface area contributed by atoms with Gasteiger partial charge in [0.25, 0.3) is 0 Å². The highest BCUT2D eigenvalue weighted by atomic mass is 19.1. The van der Waals surface area contributed by atoms with Crippen molar-refractivity contribution in [3.63, 3.8) is 0 Å². The minimum atomic E-state index is -0.749. The number of hydrogen-bond acceptors (Lipinski definition) is 9. The van der Waals surface area contributed by atoms with Crippen molar-refractivity contribution < 1.29 is 23.8 Å². The fourth-order valence-corrected chi connectivity index (χ4v) is 5.80. The zero-order valence-electron chi connectivity index (χ0n) is 23.3. The Morgan fingerprint density at radius 2 is 2.00 bits per heavy atom. The molecule has 13 heteroatoms. The number of β-amino-alcohol motifs (C(OH)–C–C–N with tert-alkyl or cyclic N) is 1. The molecular formula is C26H39FN8O4. The Bertz CT molecular complexity index is 1200. The van der Waals surface area contributed by atoms with Gasteiger partial charge in [0.1, 0.15) is 0 Å². The first-order chi connectivity index (χ1) is 18.5. The van der Waals surface area contributed by atoms with Gasteiger partial charge in [-0.1, -0.05) is 0 Å². The third-order valence-electron chi connectivity index (χ3n) is 8.21. The van der Waals surface area contributed by atoms with Crippen LogP contribution in [0.5, 0.6) is 6.01 Å². The molecule has 5 rings (SSSR count). The number of aromatic nitrogens is 4. The summed E-state index contributed by atoms with van der Waals surface area (Å²) in [5, 5.41) is 21.4.